The van der Waals surface area contributed by atoms with E-state index in [1.165, 1.54) is 5.56 Å². The Hall–Kier alpha value is -1.64. The summed E-state index contributed by atoms with van der Waals surface area (Å²) >= 11 is 0. The van der Waals surface area contributed by atoms with Crippen molar-refractivity contribution in [3.63, 3.8) is 0 Å². The van der Waals surface area contributed by atoms with Gasteiger partial charge in [-0.2, -0.15) is 0 Å². The molecule has 1 saturated heterocycles. The van der Waals surface area contributed by atoms with Gasteiger partial charge in [0.2, 0.25) is 10.0 Å². The molecule has 8 heteroatoms. The standard InChI is InChI=1S/C24H36N2O5S/c1-3-17(2)32(28,29)25-21-8-6-14-26-22(21)15-30-19-12-10-18(11-13-19)20-7-4-5-9-23(20)31-16-24(26)27/h4-5,7,9,17-19,21-22,25H,3,6,8,10-16H2,1-2H3/t17?,18?,19?,21?,22-/m0/s1. The van der Waals surface area contributed by atoms with Crippen molar-refractivity contribution in [2.75, 3.05) is 19.8 Å². The van der Waals surface area contributed by atoms with E-state index in [-0.39, 0.29) is 30.7 Å². The van der Waals surface area contributed by atoms with Gasteiger partial charge in [0.15, 0.2) is 6.61 Å². The molecule has 1 amide bonds. The third-order valence-corrected chi connectivity index (χ3v) is 9.43. The lowest BCUT2D eigenvalue weighted by Crippen LogP contribution is -2.60. The minimum Gasteiger partial charge on any atom is -0.483 e. The van der Waals surface area contributed by atoms with E-state index in [0.717, 1.165) is 37.9 Å². The molecule has 3 aliphatic heterocycles. The molecular weight excluding hydrogens is 428 g/mol. The lowest BCUT2D eigenvalue weighted by Gasteiger charge is -2.42. The Morgan fingerprint density at radius 2 is 1.91 bits per heavy atom. The van der Waals surface area contributed by atoms with Crippen LogP contribution in [-0.2, 0) is 19.6 Å². The van der Waals surface area contributed by atoms with E-state index in [1.54, 1.807) is 11.8 Å². The van der Waals surface area contributed by atoms with Gasteiger partial charge in [0.05, 0.1) is 24.0 Å². The first-order valence-corrected chi connectivity index (χ1v) is 13.6. The number of sulfonamides is 1. The zero-order chi connectivity index (χ0) is 22.7. The van der Waals surface area contributed by atoms with Crippen molar-refractivity contribution in [1.82, 2.24) is 9.62 Å². The molecule has 2 unspecified atom stereocenters. The molecule has 0 aromatic heterocycles. The highest BCUT2D eigenvalue weighted by Crippen LogP contribution is 2.39. The summed E-state index contributed by atoms with van der Waals surface area (Å²) in [5, 5.41) is -0.473. The van der Waals surface area contributed by atoms with Crippen molar-refractivity contribution in [3.8, 4) is 5.75 Å². The first-order chi connectivity index (χ1) is 15.4. The number of piperidine rings is 1. The van der Waals surface area contributed by atoms with Gasteiger partial charge in [-0.15, -0.1) is 0 Å². The van der Waals surface area contributed by atoms with Crippen LogP contribution in [0.2, 0.25) is 0 Å². The summed E-state index contributed by atoms with van der Waals surface area (Å²) in [6.45, 7) is 4.48. The van der Waals surface area contributed by atoms with Gasteiger partial charge in [0, 0.05) is 12.6 Å². The van der Waals surface area contributed by atoms with Gasteiger partial charge in [-0.25, -0.2) is 13.1 Å². The second kappa shape index (κ2) is 10.1. The molecule has 178 valence electrons. The zero-order valence-electron chi connectivity index (χ0n) is 19.2. The Morgan fingerprint density at radius 3 is 2.66 bits per heavy atom. The van der Waals surface area contributed by atoms with Crippen LogP contribution in [0.4, 0.5) is 0 Å². The van der Waals surface area contributed by atoms with Gasteiger partial charge in [0.25, 0.3) is 5.91 Å². The Labute approximate surface area is 191 Å². The van der Waals surface area contributed by atoms with E-state index in [9.17, 15) is 13.2 Å². The molecule has 3 atom stereocenters. The van der Waals surface area contributed by atoms with Crippen LogP contribution < -0.4 is 9.46 Å². The van der Waals surface area contributed by atoms with Crippen LogP contribution in [0.5, 0.6) is 5.75 Å². The van der Waals surface area contributed by atoms with Gasteiger partial charge in [-0.3, -0.25) is 4.79 Å². The second-order valence-corrected chi connectivity index (χ2v) is 11.5. The average Bonchev–Trinajstić information content (AvgIpc) is 2.82. The van der Waals surface area contributed by atoms with E-state index in [0.29, 0.717) is 31.9 Å². The number of nitrogens with one attached hydrogen (secondary N) is 1. The van der Waals surface area contributed by atoms with Gasteiger partial charge in [-0.05, 0) is 69.4 Å². The fourth-order valence-corrected chi connectivity index (χ4v) is 6.57. The molecule has 5 rings (SSSR count). The van der Waals surface area contributed by atoms with E-state index in [2.05, 4.69) is 10.8 Å². The van der Waals surface area contributed by atoms with Crippen molar-refractivity contribution in [2.45, 2.75) is 88.1 Å². The molecule has 4 aliphatic rings. The Balaban J connectivity index is 1.59. The summed E-state index contributed by atoms with van der Waals surface area (Å²) in [4.78, 5) is 15.0. The average molecular weight is 465 g/mol. The molecule has 1 aromatic carbocycles. The maximum absolute atomic E-state index is 13.2. The minimum absolute atomic E-state index is 0.0471. The van der Waals surface area contributed by atoms with Crippen molar-refractivity contribution < 1.29 is 22.7 Å². The summed E-state index contributed by atoms with van der Waals surface area (Å²) in [6, 6.07) is 7.35. The van der Waals surface area contributed by atoms with Gasteiger partial charge in [0.1, 0.15) is 5.75 Å². The summed E-state index contributed by atoms with van der Waals surface area (Å²) in [6.07, 6.45) is 6.11. The SMILES string of the molecule is CCC(C)S(=O)(=O)NC1CCCN2C(=O)COc3ccccc3C3CCC(CC3)OC[C@@H]12. The van der Waals surface area contributed by atoms with Crippen molar-refractivity contribution in [2.24, 2.45) is 0 Å². The predicted molar refractivity (Wildman–Crippen MR) is 123 cm³/mol. The number of fused-ring (bicyclic) bond motifs is 5. The third-order valence-electron chi connectivity index (χ3n) is 7.41. The smallest absolute Gasteiger partial charge is 0.260 e. The van der Waals surface area contributed by atoms with Gasteiger partial charge >= 0.3 is 0 Å². The predicted octanol–water partition coefficient (Wildman–Crippen LogP) is 3.20. The van der Waals surface area contributed by atoms with Crippen LogP contribution in [0.3, 0.4) is 0 Å². The molecule has 7 nitrogen and oxygen atoms in total. The second-order valence-electron chi connectivity index (χ2n) is 9.42. The van der Waals surface area contributed by atoms with Gasteiger partial charge in [-0.1, -0.05) is 25.1 Å². The minimum atomic E-state index is -3.46. The van der Waals surface area contributed by atoms with E-state index < -0.39 is 15.3 Å². The molecule has 2 fully saturated rings. The largest absolute Gasteiger partial charge is 0.483 e. The van der Waals surface area contributed by atoms with Crippen LogP contribution in [-0.4, -0.2) is 62.4 Å². The molecule has 1 saturated carbocycles. The Bertz CT molecular complexity index is 897. The first-order valence-electron chi connectivity index (χ1n) is 12.0. The molecule has 3 heterocycles. The van der Waals surface area contributed by atoms with Crippen LogP contribution in [0.1, 0.15) is 70.3 Å². The fraction of sp³-hybridized carbons (Fsp3) is 0.708. The molecule has 0 spiro atoms. The number of rotatable bonds is 4. The van der Waals surface area contributed by atoms with Crippen LogP contribution >= 0.6 is 0 Å². The maximum Gasteiger partial charge on any atom is 0.260 e. The monoisotopic (exact) mass is 464 g/mol. The number of para-hydroxylation sites is 1. The van der Waals surface area contributed by atoms with Gasteiger partial charge < -0.3 is 14.4 Å². The molecule has 32 heavy (non-hydrogen) atoms. The third kappa shape index (κ3) is 5.13. The normalized spacial score (nSPS) is 30.2. The Morgan fingerprint density at radius 1 is 1.16 bits per heavy atom. The summed E-state index contributed by atoms with van der Waals surface area (Å²) in [5.74, 6) is 1.08. The van der Waals surface area contributed by atoms with E-state index in [1.807, 2.05) is 25.1 Å². The lowest BCUT2D eigenvalue weighted by molar-refractivity contribution is -0.140. The lowest BCUT2D eigenvalue weighted by atomic mass is 9.82. The number of benzene rings is 1. The first kappa shape index (κ1) is 23.5. The fourth-order valence-electron chi connectivity index (χ4n) is 5.20. The van der Waals surface area contributed by atoms with Crippen molar-refractivity contribution in [3.05, 3.63) is 29.8 Å². The number of hydrogen-bond acceptors (Lipinski definition) is 5. The maximum atomic E-state index is 13.2. The number of amides is 1. The highest BCUT2D eigenvalue weighted by molar-refractivity contribution is 7.90. The van der Waals surface area contributed by atoms with Crippen molar-refractivity contribution in [1.29, 1.82) is 0 Å². The number of nitrogens with zero attached hydrogens (tertiary/aromatic N) is 1. The highest BCUT2D eigenvalue weighted by Gasteiger charge is 2.39. The van der Waals surface area contributed by atoms with Crippen LogP contribution in [0.25, 0.3) is 0 Å². The zero-order valence-corrected chi connectivity index (χ0v) is 20.0. The Kier molecular flexibility index (Phi) is 7.42. The number of ether oxygens (including phenoxy) is 2. The molecule has 0 radical (unpaired) electrons. The molecular formula is C24H36N2O5S. The molecule has 1 N–H and O–H groups in total. The highest BCUT2D eigenvalue weighted by atomic mass is 32.2. The van der Waals surface area contributed by atoms with E-state index in [4.69, 9.17) is 9.47 Å². The number of hydrogen-bond donors (Lipinski definition) is 1. The topological polar surface area (TPSA) is 84.9 Å². The van der Waals surface area contributed by atoms with Crippen LogP contribution in [0.15, 0.2) is 24.3 Å². The number of carbonyl (C=O) groups excluding carboxylic acids is 1. The van der Waals surface area contributed by atoms with E-state index >= 15 is 0 Å². The summed E-state index contributed by atoms with van der Waals surface area (Å²) in [7, 11) is -3.46. The quantitative estimate of drug-likeness (QED) is 0.740. The molecule has 1 aliphatic carbocycles. The van der Waals surface area contributed by atoms with Crippen LogP contribution in [0, 0.1) is 0 Å². The summed E-state index contributed by atoms with van der Waals surface area (Å²) in [5.41, 5.74) is 1.17. The molecule has 2 bridgehead atoms. The number of carbonyl (C=O) groups is 1. The molecule has 1 aromatic rings. The van der Waals surface area contributed by atoms with Crippen molar-refractivity contribution >= 4 is 15.9 Å². The summed E-state index contributed by atoms with van der Waals surface area (Å²) < 4.78 is 40.8.